The summed E-state index contributed by atoms with van der Waals surface area (Å²) in [7, 11) is 0. The Morgan fingerprint density at radius 1 is 1.12 bits per heavy atom. The number of hydrogen-bond donors (Lipinski definition) is 2. The fourth-order valence-electron chi connectivity index (χ4n) is 1.15. The topological polar surface area (TPSA) is 77.8 Å². The molecule has 1 heterocycles. The zero-order valence-corrected chi connectivity index (χ0v) is 9.04. The summed E-state index contributed by atoms with van der Waals surface area (Å²) in [5.74, 6) is 0.0495. The number of nitrogen functional groups attached to an aromatic ring is 2. The van der Waals surface area contributed by atoms with Gasteiger partial charge in [-0.05, 0) is 12.1 Å². The van der Waals surface area contributed by atoms with Crippen LogP contribution < -0.4 is 11.5 Å². The molecule has 0 aliphatic heterocycles. The molecule has 4 nitrogen and oxygen atoms in total. The van der Waals surface area contributed by atoms with E-state index >= 15 is 0 Å². The summed E-state index contributed by atoms with van der Waals surface area (Å²) in [6, 6.07) is 7.97. The first-order chi connectivity index (χ1) is 7.65. The first kappa shape index (κ1) is 10.7. The summed E-state index contributed by atoms with van der Waals surface area (Å²) in [5.41, 5.74) is 11.0. The fraction of sp³-hybridized carbons (Fsp3) is 0. The second-order valence-corrected chi connectivity index (χ2v) is 4.08. The molecule has 2 aromatic rings. The molecule has 2 rings (SSSR count). The van der Waals surface area contributed by atoms with Crippen LogP contribution >= 0.6 is 11.8 Å². The molecule has 0 aliphatic rings. The van der Waals surface area contributed by atoms with Gasteiger partial charge in [0.2, 0.25) is 5.95 Å². The van der Waals surface area contributed by atoms with Gasteiger partial charge in [0.15, 0.2) is 0 Å². The van der Waals surface area contributed by atoms with Gasteiger partial charge in [-0.25, -0.2) is 9.37 Å². The first-order valence-corrected chi connectivity index (χ1v) is 5.29. The second-order valence-electron chi connectivity index (χ2n) is 3.02. The molecule has 0 fully saturated rings. The number of anilines is 2. The van der Waals surface area contributed by atoms with Gasteiger partial charge in [-0.1, -0.05) is 23.9 Å². The maximum Gasteiger partial charge on any atom is 0.223 e. The van der Waals surface area contributed by atoms with E-state index < -0.39 is 0 Å². The van der Waals surface area contributed by atoms with Crippen molar-refractivity contribution >= 4 is 23.5 Å². The average molecular weight is 236 g/mol. The Morgan fingerprint density at radius 3 is 2.56 bits per heavy atom. The molecule has 0 unspecified atom stereocenters. The normalized spacial score (nSPS) is 10.3. The number of hydrogen-bond acceptors (Lipinski definition) is 5. The Hall–Kier alpha value is -1.82. The molecule has 1 aromatic heterocycles. The lowest BCUT2D eigenvalue weighted by atomic mass is 10.3. The lowest BCUT2D eigenvalue weighted by molar-refractivity contribution is 0.602. The van der Waals surface area contributed by atoms with Crippen molar-refractivity contribution in [3.05, 3.63) is 36.1 Å². The molecular formula is C10H9FN4S. The lowest BCUT2D eigenvalue weighted by Crippen LogP contribution is -1.99. The third kappa shape index (κ3) is 2.40. The number of halogens is 1. The highest BCUT2D eigenvalue weighted by atomic mass is 32.2. The van der Waals surface area contributed by atoms with Crippen LogP contribution in [0.2, 0.25) is 0 Å². The zero-order valence-electron chi connectivity index (χ0n) is 8.22. The predicted octanol–water partition coefficient (Wildman–Crippen LogP) is 1.93. The molecular weight excluding hydrogens is 227 g/mol. The van der Waals surface area contributed by atoms with Gasteiger partial charge < -0.3 is 11.5 Å². The molecule has 82 valence electrons. The Morgan fingerprint density at radius 2 is 1.88 bits per heavy atom. The minimum Gasteiger partial charge on any atom is -0.383 e. The zero-order chi connectivity index (χ0) is 11.5. The fourth-order valence-corrected chi connectivity index (χ4v) is 2.01. The van der Waals surface area contributed by atoms with Crippen molar-refractivity contribution in [2.24, 2.45) is 0 Å². The summed E-state index contributed by atoms with van der Waals surface area (Å²) in [6.45, 7) is 0. The Labute approximate surface area is 95.9 Å². The quantitative estimate of drug-likeness (QED) is 0.779. The minimum atomic E-state index is -0.303. The summed E-state index contributed by atoms with van der Waals surface area (Å²) >= 11 is 1.16. The van der Waals surface area contributed by atoms with Crippen LogP contribution in [0.15, 0.2) is 40.3 Å². The van der Waals surface area contributed by atoms with E-state index in [0.29, 0.717) is 9.92 Å². The first-order valence-electron chi connectivity index (χ1n) is 4.47. The smallest absolute Gasteiger partial charge is 0.223 e. The average Bonchev–Trinajstić information content (AvgIpc) is 2.20. The maximum atomic E-state index is 13.3. The largest absolute Gasteiger partial charge is 0.383 e. The van der Waals surface area contributed by atoms with Crippen molar-refractivity contribution in [1.29, 1.82) is 0 Å². The van der Waals surface area contributed by atoms with Gasteiger partial charge in [0, 0.05) is 11.0 Å². The molecule has 0 spiro atoms. The van der Waals surface area contributed by atoms with E-state index in [1.54, 1.807) is 24.3 Å². The van der Waals surface area contributed by atoms with Gasteiger partial charge >= 0.3 is 0 Å². The number of nitrogens with two attached hydrogens (primary N) is 2. The third-order valence-electron chi connectivity index (χ3n) is 1.79. The van der Waals surface area contributed by atoms with Crippen molar-refractivity contribution < 1.29 is 4.39 Å². The lowest BCUT2D eigenvalue weighted by Gasteiger charge is -2.03. The van der Waals surface area contributed by atoms with Crippen LogP contribution in [-0.4, -0.2) is 9.97 Å². The SMILES string of the molecule is Nc1cc(Sc2ccccc2F)nc(N)n1. The Bertz CT molecular complexity index is 498. The van der Waals surface area contributed by atoms with E-state index in [-0.39, 0.29) is 17.6 Å². The maximum absolute atomic E-state index is 13.3. The van der Waals surface area contributed by atoms with Crippen molar-refractivity contribution in [3.63, 3.8) is 0 Å². The molecule has 4 N–H and O–H groups in total. The van der Waals surface area contributed by atoms with E-state index in [9.17, 15) is 4.39 Å². The van der Waals surface area contributed by atoms with Crippen molar-refractivity contribution in [2.45, 2.75) is 9.92 Å². The summed E-state index contributed by atoms with van der Waals surface area (Å²) in [6.07, 6.45) is 0. The van der Waals surface area contributed by atoms with Crippen LogP contribution in [0.25, 0.3) is 0 Å². The molecule has 0 aliphatic carbocycles. The van der Waals surface area contributed by atoms with Gasteiger partial charge in [0.1, 0.15) is 16.7 Å². The van der Waals surface area contributed by atoms with Crippen LogP contribution in [-0.2, 0) is 0 Å². The molecule has 1 aromatic carbocycles. The van der Waals surface area contributed by atoms with E-state index in [4.69, 9.17) is 11.5 Å². The number of rotatable bonds is 2. The Balaban J connectivity index is 2.30. The second kappa shape index (κ2) is 4.36. The van der Waals surface area contributed by atoms with Crippen molar-refractivity contribution in [3.8, 4) is 0 Å². The summed E-state index contributed by atoms with van der Waals surface area (Å²) < 4.78 is 13.3. The van der Waals surface area contributed by atoms with Gasteiger partial charge in [-0.2, -0.15) is 4.98 Å². The monoisotopic (exact) mass is 236 g/mol. The highest BCUT2D eigenvalue weighted by Gasteiger charge is 2.06. The van der Waals surface area contributed by atoms with Crippen molar-refractivity contribution in [1.82, 2.24) is 9.97 Å². The molecule has 0 atom stereocenters. The van der Waals surface area contributed by atoms with E-state index in [2.05, 4.69) is 9.97 Å². The standard InChI is InChI=1S/C10H9FN4S/c11-6-3-1-2-4-7(6)16-9-5-8(12)14-10(13)15-9/h1-5H,(H4,12,13,14,15). The van der Waals surface area contributed by atoms with Crippen molar-refractivity contribution in [2.75, 3.05) is 11.5 Å². The number of benzene rings is 1. The van der Waals surface area contributed by atoms with E-state index in [0.717, 1.165) is 11.8 Å². The summed E-state index contributed by atoms with van der Waals surface area (Å²) in [4.78, 5) is 8.16. The van der Waals surface area contributed by atoms with Crippen LogP contribution in [0.5, 0.6) is 0 Å². The van der Waals surface area contributed by atoms with Gasteiger partial charge in [0.05, 0.1) is 0 Å². The summed E-state index contributed by atoms with van der Waals surface area (Å²) in [5, 5.41) is 0.523. The van der Waals surface area contributed by atoms with Gasteiger partial charge in [-0.3, -0.25) is 0 Å². The minimum absolute atomic E-state index is 0.0823. The molecule has 0 radical (unpaired) electrons. The third-order valence-corrected chi connectivity index (χ3v) is 2.76. The van der Waals surface area contributed by atoms with Crippen LogP contribution in [0, 0.1) is 5.82 Å². The number of nitrogens with zero attached hydrogens (tertiary/aromatic N) is 2. The van der Waals surface area contributed by atoms with Gasteiger partial charge in [-0.15, -0.1) is 0 Å². The highest BCUT2D eigenvalue weighted by molar-refractivity contribution is 7.99. The molecule has 0 amide bonds. The molecule has 16 heavy (non-hydrogen) atoms. The molecule has 6 heteroatoms. The van der Waals surface area contributed by atoms with Crippen LogP contribution in [0.1, 0.15) is 0 Å². The van der Waals surface area contributed by atoms with Crippen LogP contribution in [0.3, 0.4) is 0 Å². The Kier molecular flexibility index (Phi) is 2.91. The van der Waals surface area contributed by atoms with Gasteiger partial charge in [0.25, 0.3) is 0 Å². The highest BCUT2D eigenvalue weighted by Crippen LogP contribution is 2.29. The molecule has 0 bridgehead atoms. The molecule has 0 saturated heterocycles. The van der Waals surface area contributed by atoms with E-state index in [1.165, 1.54) is 6.07 Å². The predicted molar refractivity (Wildman–Crippen MR) is 61.4 cm³/mol. The van der Waals surface area contributed by atoms with E-state index in [1.807, 2.05) is 0 Å². The van der Waals surface area contributed by atoms with Crippen LogP contribution in [0.4, 0.5) is 16.2 Å². The number of aromatic nitrogens is 2. The molecule has 0 saturated carbocycles.